The predicted molar refractivity (Wildman–Crippen MR) is 161 cm³/mol. The average molecular weight is 501 g/mol. The highest BCUT2D eigenvalue weighted by Crippen LogP contribution is 2.37. The van der Waals surface area contributed by atoms with E-state index >= 15 is 0 Å². The van der Waals surface area contributed by atoms with E-state index < -0.39 is 0 Å². The molecule has 192 valence electrons. The van der Waals surface area contributed by atoms with Gasteiger partial charge in [0.1, 0.15) is 0 Å². The molecule has 0 bridgehead atoms. The SMILES string of the molecule is CCCCC(CC)Cn1c2ccccc2c2cc(-c3ccc4c(c3)c3ccccc3n4CC3CO3)ccc21. The molecule has 0 saturated carbocycles. The molecule has 3 heteroatoms. The summed E-state index contributed by atoms with van der Waals surface area (Å²) in [5, 5.41) is 5.36. The van der Waals surface area contributed by atoms with E-state index in [2.05, 4.69) is 108 Å². The molecule has 1 aliphatic heterocycles. The third kappa shape index (κ3) is 4.01. The summed E-state index contributed by atoms with van der Waals surface area (Å²) in [7, 11) is 0. The Bertz CT molecular complexity index is 1770. The molecule has 1 fully saturated rings. The molecule has 6 aromatic rings. The first-order valence-electron chi connectivity index (χ1n) is 14.4. The van der Waals surface area contributed by atoms with Crippen LogP contribution in [0.25, 0.3) is 54.7 Å². The van der Waals surface area contributed by atoms with Gasteiger partial charge in [-0.3, -0.25) is 0 Å². The fourth-order valence-corrected chi connectivity index (χ4v) is 6.41. The Morgan fingerprint density at radius 1 is 0.711 bits per heavy atom. The minimum Gasteiger partial charge on any atom is -0.371 e. The van der Waals surface area contributed by atoms with Gasteiger partial charge in [-0.05, 0) is 59.9 Å². The lowest BCUT2D eigenvalue weighted by molar-refractivity contribution is 0.387. The predicted octanol–water partition coefficient (Wildman–Crippen LogP) is 9.18. The lowest BCUT2D eigenvalue weighted by atomic mass is 9.99. The highest BCUT2D eigenvalue weighted by molar-refractivity contribution is 6.11. The van der Waals surface area contributed by atoms with Gasteiger partial charge in [0, 0.05) is 50.2 Å². The van der Waals surface area contributed by atoms with Crippen molar-refractivity contribution in [2.45, 2.75) is 58.7 Å². The van der Waals surface area contributed by atoms with E-state index in [9.17, 15) is 0 Å². The van der Waals surface area contributed by atoms with Crippen LogP contribution in [0.1, 0.15) is 39.5 Å². The molecule has 3 nitrogen and oxygen atoms in total. The summed E-state index contributed by atoms with van der Waals surface area (Å²) in [6, 6.07) is 31.8. The topological polar surface area (TPSA) is 22.4 Å². The van der Waals surface area contributed by atoms with Crippen LogP contribution in [-0.2, 0) is 17.8 Å². The maximum atomic E-state index is 5.58. The minimum atomic E-state index is 0.350. The van der Waals surface area contributed by atoms with Gasteiger partial charge >= 0.3 is 0 Å². The first kappa shape index (κ1) is 23.5. The Morgan fingerprint density at radius 2 is 1.26 bits per heavy atom. The number of para-hydroxylation sites is 2. The molecule has 1 saturated heterocycles. The lowest BCUT2D eigenvalue weighted by Crippen LogP contribution is -2.10. The number of hydrogen-bond donors (Lipinski definition) is 0. The van der Waals surface area contributed by atoms with E-state index in [4.69, 9.17) is 4.74 Å². The Hall–Kier alpha value is -3.56. The van der Waals surface area contributed by atoms with Crippen LogP contribution < -0.4 is 0 Å². The summed E-state index contributed by atoms with van der Waals surface area (Å²) in [5.74, 6) is 0.717. The molecule has 0 amide bonds. The van der Waals surface area contributed by atoms with Crippen LogP contribution in [0.2, 0.25) is 0 Å². The smallest absolute Gasteiger partial charge is 0.0988 e. The fourth-order valence-electron chi connectivity index (χ4n) is 6.41. The number of hydrogen-bond acceptors (Lipinski definition) is 1. The number of nitrogens with zero attached hydrogens (tertiary/aromatic N) is 2. The minimum absolute atomic E-state index is 0.350. The maximum Gasteiger partial charge on any atom is 0.0988 e. The number of ether oxygens (including phenoxy) is 1. The molecule has 2 atom stereocenters. The highest BCUT2D eigenvalue weighted by Gasteiger charge is 2.25. The maximum absolute atomic E-state index is 5.58. The first-order valence-corrected chi connectivity index (χ1v) is 14.4. The van der Waals surface area contributed by atoms with Gasteiger partial charge in [-0.15, -0.1) is 0 Å². The molecule has 1 aliphatic rings. The number of aromatic nitrogens is 2. The summed E-state index contributed by atoms with van der Waals surface area (Å²) >= 11 is 0. The summed E-state index contributed by atoms with van der Waals surface area (Å²) in [6.07, 6.45) is 5.46. The van der Waals surface area contributed by atoms with Gasteiger partial charge < -0.3 is 13.9 Å². The van der Waals surface area contributed by atoms with Gasteiger partial charge in [0.05, 0.1) is 19.3 Å². The number of unbranched alkanes of at least 4 members (excludes halogenated alkanes) is 1. The van der Waals surface area contributed by atoms with Crippen molar-refractivity contribution in [2.24, 2.45) is 5.92 Å². The van der Waals surface area contributed by atoms with Gasteiger partial charge in [0.25, 0.3) is 0 Å². The number of fused-ring (bicyclic) bond motifs is 6. The van der Waals surface area contributed by atoms with Crippen LogP contribution >= 0.6 is 0 Å². The summed E-state index contributed by atoms with van der Waals surface area (Å²) < 4.78 is 10.6. The number of rotatable bonds is 9. The van der Waals surface area contributed by atoms with Crippen LogP contribution in [-0.4, -0.2) is 21.8 Å². The van der Waals surface area contributed by atoms with Crippen molar-refractivity contribution in [2.75, 3.05) is 6.61 Å². The second-order valence-electron chi connectivity index (χ2n) is 11.1. The lowest BCUT2D eigenvalue weighted by Gasteiger charge is -2.17. The first-order chi connectivity index (χ1) is 18.7. The van der Waals surface area contributed by atoms with Crippen molar-refractivity contribution in [3.8, 4) is 11.1 Å². The number of epoxide rings is 1. The van der Waals surface area contributed by atoms with E-state index in [1.165, 1.54) is 80.4 Å². The summed E-state index contributed by atoms with van der Waals surface area (Å²) in [5.41, 5.74) is 7.85. The van der Waals surface area contributed by atoms with Crippen molar-refractivity contribution >= 4 is 43.6 Å². The van der Waals surface area contributed by atoms with Gasteiger partial charge in [0.2, 0.25) is 0 Å². The third-order valence-electron chi connectivity index (χ3n) is 8.65. The van der Waals surface area contributed by atoms with Crippen LogP contribution in [0, 0.1) is 5.92 Å². The van der Waals surface area contributed by atoms with Crippen molar-refractivity contribution in [3.05, 3.63) is 84.9 Å². The van der Waals surface area contributed by atoms with E-state index in [1.54, 1.807) is 0 Å². The van der Waals surface area contributed by atoms with Crippen LogP contribution in [0.3, 0.4) is 0 Å². The second kappa shape index (κ2) is 9.63. The monoisotopic (exact) mass is 500 g/mol. The zero-order valence-electron chi connectivity index (χ0n) is 22.5. The third-order valence-corrected chi connectivity index (χ3v) is 8.65. The van der Waals surface area contributed by atoms with Crippen molar-refractivity contribution in [1.82, 2.24) is 9.13 Å². The summed E-state index contributed by atoms with van der Waals surface area (Å²) in [6.45, 7) is 7.53. The highest BCUT2D eigenvalue weighted by atomic mass is 16.6. The van der Waals surface area contributed by atoms with E-state index in [-0.39, 0.29) is 0 Å². The zero-order chi connectivity index (χ0) is 25.6. The largest absolute Gasteiger partial charge is 0.371 e. The van der Waals surface area contributed by atoms with Crippen molar-refractivity contribution < 1.29 is 4.74 Å². The van der Waals surface area contributed by atoms with Gasteiger partial charge in [-0.2, -0.15) is 0 Å². The Labute approximate surface area is 224 Å². The van der Waals surface area contributed by atoms with Gasteiger partial charge in [-0.1, -0.05) is 81.6 Å². The van der Waals surface area contributed by atoms with Crippen LogP contribution in [0.5, 0.6) is 0 Å². The molecule has 2 unspecified atom stereocenters. The normalized spacial score (nSPS) is 16.2. The fraction of sp³-hybridized carbons (Fsp3) is 0.314. The zero-order valence-corrected chi connectivity index (χ0v) is 22.5. The quantitative estimate of drug-likeness (QED) is 0.181. The van der Waals surface area contributed by atoms with Gasteiger partial charge in [0.15, 0.2) is 0 Å². The van der Waals surface area contributed by atoms with E-state index in [0.29, 0.717) is 6.10 Å². The molecular weight excluding hydrogens is 464 g/mol. The molecule has 4 aromatic carbocycles. The van der Waals surface area contributed by atoms with E-state index in [0.717, 1.165) is 25.6 Å². The summed E-state index contributed by atoms with van der Waals surface area (Å²) in [4.78, 5) is 0. The van der Waals surface area contributed by atoms with Crippen LogP contribution in [0.15, 0.2) is 84.9 Å². The van der Waals surface area contributed by atoms with Crippen LogP contribution in [0.4, 0.5) is 0 Å². The molecule has 2 aromatic heterocycles. The Balaban J connectivity index is 1.34. The molecule has 0 radical (unpaired) electrons. The molecule has 0 N–H and O–H groups in total. The molecular formula is C35H36N2O. The molecule has 0 aliphatic carbocycles. The molecule has 7 rings (SSSR count). The Kier molecular flexibility index (Phi) is 5.97. The molecule has 0 spiro atoms. The van der Waals surface area contributed by atoms with E-state index in [1.807, 2.05) is 0 Å². The van der Waals surface area contributed by atoms with Gasteiger partial charge in [-0.25, -0.2) is 0 Å². The second-order valence-corrected chi connectivity index (χ2v) is 11.1. The average Bonchev–Trinajstić information content (AvgIpc) is 3.68. The standard InChI is InChI=1S/C35H36N2O/c1-3-5-10-24(4-2)21-36-32-13-8-6-11-28(32)30-19-25(15-17-34(30)36)26-16-18-35-31(20-26)29-12-7-9-14-33(29)37(35)22-27-23-38-27/h6-9,11-20,24,27H,3-5,10,21-23H2,1-2H3. The number of benzene rings is 4. The molecule has 38 heavy (non-hydrogen) atoms. The van der Waals surface area contributed by atoms with Crippen molar-refractivity contribution in [3.63, 3.8) is 0 Å². The molecule has 3 heterocycles. The Morgan fingerprint density at radius 3 is 1.84 bits per heavy atom. The van der Waals surface area contributed by atoms with Crippen molar-refractivity contribution in [1.29, 1.82) is 0 Å².